The molecule has 226 valence electrons. The highest BCUT2D eigenvalue weighted by Gasteiger charge is 2.55. The van der Waals surface area contributed by atoms with Crippen LogP contribution in [-0.4, -0.2) is 91.7 Å². The second-order valence-electron chi connectivity index (χ2n) is 11.0. The second kappa shape index (κ2) is 10.6. The normalized spacial score (nSPS) is 36.5. The lowest BCUT2D eigenvalue weighted by Crippen LogP contribution is -2.61. The van der Waals surface area contributed by atoms with Crippen LogP contribution in [0.4, 0.5) is 0 Å². The number of carbonyl (C=O) groups excluding carboxylic acids is 1. The fourth-order valence-corrected chi connectivity index (χ4v) is 8.35. The van der Waals surface area contributed by atoms with E-state index >= 15 is 0 Å². The molecule has 3 N–H and O–H groups in total. The Labute approximate surface area is 245 Å². The Morgan fingerprint density at radius 2 is 1.60 bits per heavy atom. The van der Waals surface area contributed by atoms with Crippen molar-refractivity contribution in [3.8, 4) is 28.7 Å². The maximum Gasteiger partial charge on any atom is 0.310 e. The van der Waals surface area contributed by atoms with Gasteiger partial charge in [0.15, 0.2) is 29.3 Å². The molecule has 4 aliphatic heterocycles. The van der Waals surface area contributed by atoms with E-state index in [0.29, 0.717) is 17.1 Å². The van der Waals surface area contributed by atoms with E-state index in [0.717, 1.165) is 11.1 Å². The SMILES string of the molecule is COc1cc([C@H]2c3cc4c(cc3[C@H](S[C@@H]3O[C@@H]5COC(C)O[C@H]5[C@H](O)[C@H]3O)[C@H]3COC(=O)[C@H]23)OCO4)cc(OC)c1O. The molecule has 0 radical (unpaired) electrons. The number of methoxy groups -OCH3 is 2. The summed E-state index contributed by atoms with van der Waals surface area (Å²) in [6.45, 7) is 2.16. The van der Waals surface area contributed by atoms with E-state index in [2.05, 4.69) is 0 Å². The van der Waals surface area contributed by atoms with Crippen molar-refractivity contribution in [2.45, 2.75) is 54.2 Å². The van der Waals surface area contributed by atoms with Crippen LogP contribution in [0.25, 0.3) is 0 Å². The van der Waals surface area contributed by atoms with Gasteiger partial charge in [0.1, 0.15) is 29.9 Å². The third-order valence-corrected chi connectivity index (χ3v) is 10.3. The first-order valence-electron chi connectivity index (χ1n) is 13.8. The number of fused-ring (bicyclic) bond motifs is 4. The third kappa shape index (κ3) is 4.37. The molecule has 7 rings (SSSR count). The number of phenolic OH excluding ortho intramolecular Hbond substituents is 1. The highest BCUT2D eigenvalue weighted by molar-refractivity contribution is 8.00. The molecule has 5 aliphatic rings. The molecular formula is C29H32O12S. The van der Waals surface area contributed by atoms with E-state index < -0.39 is 48.0 Å². The van der Waals surface area contributed by atoms with Crippen LogP contribution in [0.15, 0.2) is 24.3 Å². The highest BCUT2D eigenvalue weighted by atomic mass is 32.2. The summed E-state index contributed by atoms with van der Waals surface area (Å²) in [7, 11) is 2.89. The molecule has 0 spiro atoms. The molecule has 1 unspecified atom stereocenters. The molecule has 12 nitrogen and oxygen atoms in total. The zero-order valence-electron chi connectivity index (χ0n) is 23.1. The molecule has 2 aromatic rings. The van der Waals surface area contributed by atoms with Gasteiger partial charge >= 0.3 is 5.97 Å². The molecule has 2 aromatic carbocycles. The summed E-state index contributed by atoms with van der Waals surface area (Å²) >= 11 is 1.33. The van der Waals surface area contributed by atoms with Gasteiger partial charge in [-0.15, -0.1) is 11.8 Å². The van der Waals surface area contributed by atoms with E-state index in [1.807, 2.05) is 12.1 Å². The first kappa shape index (κ1) is 27.9. The van der Waals surface area contributed by atoms with Crippen LogP contribution in [0.1, 0.15) is 34.8 Å². The smallest absolute Gasteiger partial charge is 0.310 e. The van der Waals surface area contributed by atoms with Gasteiger partial charge in [-0.1, -0.05) is 0 Å². The number of aliphatic hydroxyl groups excluding tert-OH is 2. The van der Waals surface area contributed by atoms with Gasteiger partial charge in [0, 0.05) is 17.1 Å². The Morgan fingerprint density at radius 3 is 2.29 bits per heavy atom. The molecular weight excluding hydrogens is 572 g/mol. The summed E-state index contributed by atoms with van der Waals surface area (Å²) in [6.07, 6.45) is -4.25. The van der Waals surface area contributed by atoms with Gasteiger partial charge in [0.05, 0.1) is 33.4 Å². The minimum Gasteiger partial charge on any atom is -0.502 e. The minimum absolute atomic E-state index is 0.0641. The van der Waals surface area contributed by atoms with Crippen molar-refractivity contribution in [1.82, 2.24) is 0 Å². The monoisotopic (exact) mass is 604 g/mol. The summed E-state index contributed by atoms with van der Waals surface area (Å²) in [6, 6.07) is 7.17. The van der Waals surface area contributed by atoms with Crippen molar-refractivity contribution in [2.75, 3.05) is 34.2 Å². The van der Waals surface area contributed by atoms with E-state index in [9.17, 15) is 20.1 Å². The maximum atomic E-state index is 13.4. The molecule has 0 saturated carbocycles. The van der Waals surface area contributed by atoms with E-state index in [1.54, 1.807) is 19.1 Å². The molecule has 0 amide bonds. The molecule has 3 saturated heterocycles. The predicted molar refractivity (Wildman–Crippen MR) is 145 cm³/mol. The largest absolute Gasteiger partial charge is 0.502 e. The van der Waals surface area contributed by atoms with E-state index in [4.69, 9.17) is 37.9 Å². The van der Waals surface area contributed by atoms with Crippen LogP contribution >= 0.6 is 11.8 Å². The summed E-state index contributed by atoms with van der Waals surface area (Å²) in [4.78, 5) is 13.4. The highest BCUT2D eigenvalue weighted by Crippen LogP contribution is 2.60. The zero-order chi connectivity index (χ0) is 29.3. The van der Waals surface area contributed by atoms with Gasteiger partial charge in [-0.05, 0) is 47.9 Å². The van der Waals surface area contributed by atoms with Crippen LogP contribution < -0.4 is 18.9 Å². The van der Waals surface area contributed by atoms with Crippen molar-refractivity contribution in [2.24, 2.45) is 11.8 Å². The Kier molecular flexibility index (Phi) is 7.07. The van der Waals surface area contributed by atoms with E-state index in [-0.39, 0.29) is 54.4 Å². The number of thioether (sulfide) groups is 1. The Hall–Kier alpha value is -2.94. The van der Waals surface area contributed by atoms with Gasteiger partial charge in [0.2, 0.25) is 12.5 Å². The van der Waals surface area contributed by atoms with Crippen LogP contribution in [0, 0.1) is 11.8 Å². The lowest BCUT2D eigenvalue weighted by molar-refractivity contribution is -0.310. The average molecular weight is 605 g/mol. The van der Waals surface area contributed by atoms with Crippen molar-refractivity contribution in [3.63, 3.8) is 0 Å². The standard InChI is InChI=1S/C29H32O12S/c1-11-36-9-20-26(40-11)24(31)25(32)29(41-20)42-27-14-7-17-16(38-10-39-17)6-13(14)21(22-15(27)8-37-28(22)33)12-4-18(34-2)23(30)19(5-12)35-3/h4-7,11,15,20-22,24-27,29-32H,8-10H2,1-3H3/t11?,15-,20+,21-,22-,24+,25+,26+,27-,29-/m0/s1. The number of carbonyl (C=O) groups is 1. The number of hydrogen-bond acceptors (Lipinski definition) is 13. The van der Waals surface area contributed by atoms with Gasteiger partial charge in [-0.25, -0.2) is 0 Å². The van der Waals surface area contributed by atoms with Crippen molar-refractivity contribution >= 4 is 17.7 Å². The van der Waals surface area contributed by atoms with Crippen molar-refractivity contribution < 1.29 is 58.0 Å². The lowest BCUT2D eigenvalue weighted by atomic mass is 9.67. The van der Waals surface area contributed by atoms with Gasteiger partial charge in [-0.3, -0.25) is 4.79 Å². The number of ether oxygens (including phenoxy) is 8. The Balaban J connectivity index is 1.32. The molecule has 0 bridgehead atoms. The van der Waals surface area contributed by atoms with Crippen LogP contribution in [0.5, 0.6) is 28.7 Å². The second-order valence-corrected chi connectivity index (χ2v) is 12.2. The topological polar surface area (TPSA) is 152 Å². The average Bonchev–Trinajstić information content (AvgIpc) is 3.61. The molecule has 42 heavy (non-hydrogen) atoms. The number of aromatic hydroxyl groups is 1. The first-order chi connectivity index (χ1) is 20.3. The summed E-state index contributed by atoms with van der Waals surface area (Å²) in [5, 5.41) is 32.3. The molecule has 4 heterocycles. The molecule has 1 aliphatic carbocycles. The third-order valence-electron chi connectivity index (χ3n) is 8.75. The summed E-state index contributed by atoms with van der Waals surface area (Å²) in [5.41, 5.74) is 1.51. The van der Waals surface area contributed by atoms with Gasteiger partial charge in [0.25, 0.3) is 0 Å². The summed E-state index contributed by atoms with van der Waals surface area (Å²) in [5.74, 6) is -0.417. The fourth-order valence-electron chi connectivity index (χ4n) is 6.74. The Bertz CT molecular complexity index is 1360. The fraction of sp³-hybridized carbons (Fsp3) is 0.552. The number of rotatable bonds is 5. The molecule has 13 heteroatoms. The molecule has 0 aromatic heterocycles. The Morgan fingerprint density at radius 1 is 0.905 bits per heavy atom. The van der Waals surface area contributed by atoms with Crippen molar-refractivity contribution in [1.29, 1.82) is 0 Å². The minimum atomic E-state index is -1.25. The lowest BCUT2D eigenvalue weighted by Gasteiger charge is -2.47. The first-order valence-corrected chi connectivity index (χ1v) is 14.7. The predicted octanol–water partition coefficient (Wildman–Crippen LogP) is 2.06. The zero-order valence-corrected chi connectivity index (χ0v) is 23.9. The molecule has 10 atom stereocenters. The number of cyclic esters (lactones) is 1. The number of aliphatic hydroxyl groups is 2. The maximum absolute atomic E-state index is 13.4. The summed E-state index contributed by atoms with van der Waals surface area (Å²) < 4.78 is 45.5. The number of hydrogen-bond donors (Lipinski definition) is 3. The number of esters is 1. The molecule has 3 fully saturated rings. The quantitative estimate of drug-likeness (QED) is 0.428. The number of phenols is 1. The number of benzene rings is 2. The van der Waals surface area contributed by atoms with E-state index in [1.165, 1.54) is 26.0 Å². The van der Waals surface area contributed by atoms with Crippen LogP contribution in [-0.2, 0) is 23.7 Å². The van der Waals surface area contributed by atoms with Crippen LogP contribution in [0.3, 0.4) is 0 Å². The van der Waals surface area contributed by atoms with Crippen molar-refractivity contribution in [3.05, 3.63) is 41.0 Å². The van der Waals surface area contributed by atoms with Gasteiger partial charge in [-0.2, -0.15) is 0 Å². The van der Waals surface area contributed by atoms with Crippen LogP contribution in [0.2, 0.25) is 0 Å². The van der Waals surface area contributed by atoms with Gasteiger partial charge < -0.3 is 53.2 Å².